The van der Waals surface area contributed by atoms with E-state index < -0.39 is 6.10 Å². The van der Waals surface area contributed by atoms with Gasteiger partial charge in [-0.05, 0) is 31.6 Å². The highest BCUT2D eigenvalue weighted by molar-refractivity contribution is 5.80. The fourth-order valence-electron chi connectivity index (χ4n) is 1.78. The molecule has 0 aromatic heterocycles. The summed E-state index contributed by atoms with van der Waals surface area (Å²) < 4.78 is 0. The fourth-order valence-corrected chi connectivity index (χ4v) is 1.78. The van der Waals surface area contributed by atoms with Crippen LogP contribution in [-0.4, -0.2) is 35.4 Å². The van der Waals surface area contributed by atoms with Crippen molar-refractivity contribution in [3.05, 3.63) is 0 Å². The van der Waals surface area contributed by atoms with Crippen LogP contribution in [0.4, 0.5) is 0 Å². The Labute approximate surface area is 78.0 Å². The van der Waals surface area contributed by atoms with E-state index in [-0.39, 0.29) is 17.9 Å². The molecular weight excluding hydrogens is 170 g/mol. The van der Waals surface area contributed by atoms with Gasteiger partial charge in [-0.1, -0.05) is 0 Å². The van der Waals surface area contributed by atoms with Crippen molar-refractivity contribution >= 4 is 5.91 Å². The zero-order chi connectivity index (χ0) is 9.84. The van der Waals surface area contributed by atoms with Crippen molar-refractivity contribution in [1.82, 2.24) is 5.32 Å². The van der Waals surface area contributed by atoms with Gasteiger partial charge >= 0.3 is 0 Å². The van der Waals surface area contributed by atoms with E-state index in [1.807, 2.05) is 0 Å². The van der Waals surface area contributed by atoms with Crippen LogP contribution in [-0.2, 0) is 4.79 Å². The van der Waals surface area contributed by atoms with E-state index in [0.29, 0.717) is 12.8 Å². The topological polar surface area (TPSA) is 69.6 Å². The van der Waals surface area contributed by atoms with E-state index in [0.717, 1.165) is 12.8 Å². The third-order valence-corrected chi connectivity index (χ3v) is 2.70. The predicted octanol–water partition coefficient (Wildman–Crippen LogP) is -0.356. The van der Waals surface area contributed by atoms with Gasteiger partial charge in [0.05, 0.1) is 6.10 Å². The summed E-state index contributed by atoms with van der Waals surface area (Å²) in [5.74, 6) is -0.301. The fraction of sp³-hybridized carbons (Fsp3) is 0.889. The van der Waals surface area contributed by atoms with E-state index in [2.05, 4.69) is 5.32 Å². The first kappa shape index (κ1) is 10.5. The summed E-state index contributed by atoms with van der Waals surface area (Å²) in [5, 5.41) is 21.2. The average Bonchev–Trinajstić information content (AvgIpc) is 2.17. The van der Waals surface area contributed by atoms with Crippen LogP contribution in [0.5, 0.6) is 0 Å². The predicted molar refractivity (Wildman–Crippen MR) is 48.0 cm³/mol. The molecule has 0 aromatic carbocycles. The van der Waals surface area contributed by atoms with E-state index in [1.165, 1.54) is 7.05 Å². The highest BCUT2D eigenvalue weighted by Gasteiger charge is 2.29. The van der Waals surface area contributed by atoms with Gasteiger partial charge in [0.1, 0.15) is 6.10 Å². The first-order valence-electron chi connectivity index (χ1n) is 4.73. The molecular formula is C9H17NO3. The van der Waals surface area contributed by atoms with Crippen molar-refractivity contribution in [3.63, 3.8) is 0 Å². The maximum absolute atomic E-state index is 11.1. The second-order valence-corrected chi connectivity index (χ2v) is 3.63. The summed E-state index contributed by atoms with van der Waals surface area (Å²) >= 11 is 0. The molecule has 0 saturated heterocycles. The van der Waals surface area contributed by atoms with Crippen molar-refractivity contribution in [2.24, 2.45) is 5.92 Å². The monoisotopic (exact) mass is 187 g/mol. The zero-order valence-electron chi connectivity index (χ0n) is 7.86. The van der Waals surface area contributed by atoms with Gasteiger partial charge in [-0.3, -0.25) is 4.79 Å². The molecule has 4 nitrogen and oxygen atoms in total. The van der Waals surface area contributed by atoms with Crippen LogP contribution in [0.3, 0.4) is 0 Å². The second-order valence-electron chi connectivity index (χ2n) is 3.63. The number of likely N-dealkylation sites (N-methyl/N-ethyl adjacent to an activating group) is 1. The molecule has 0 bridgehead atoms. The minimum Gasteiger partial charge on any atom is -0.393 e. The molecule has 0 aliphatic heterocycles. The number of aliphatic hydroxyl groups is 2. The highest BCUT2D eigenvalue weighted by atomic mass is 16.3. The smallest absolute Gasteiger partial charge is 0.248 e. The molecule has 1 aliphatic rings. The van der Waals surface area contributed by atoms with E-state index >= 15 is 0 Å². The Morgan fingerprint density at radius 2 is 1.92 bits per heavy atom. The molecule has 3 N–H and O–H groups in total. The van der Waals surface area contributed by atoms with Crippen LogP contribution in [0.2, 0.25) is 0 Å². The minimum absolute atomic E-state index is 0.0170. The molecule has 4 heteroatoms. The summed E-state index contributed by atoms with van der Waals surface area (Å²) in [6.45, 7) is 0. The van der Waals surface area contributed by atoms with Gasteiger partial charge in [-0.25, -0.2) is 0 Å². The molecule has 0 aromatic rings. The Kier molecular flexibility index (Phi) is 3.69. The van der Waals surface area contributed by atoms with Crippen LogP contribution in [0.1, 0.15) is 25.7 Å². The number of nitrogens with one attached hydrogen (secondary N) is 1. The highest BCUT2D eigenvalue weighted by Crippen LogP contribution is 2.26. The summed E-state index contributed by atoms with van der Waals surface area (Å²) in [5.41, 5.74) is 0. The van der Waals surface area contributed by atoms with E-state index in [4.69, 9.17) is 0 Å². The average molecular weight is 187 g/mol. The Morgan fingerprint density at radius 1 is 1.38 bits per heavy atom. The summed E-state index contributed by atoms with van der Waals surface area (Å²) in [4.78, 5) is 11.1. The largest absolute Gasteiger partial charge is 0.393 e. The van der Waals surface area contributed by atoms with Gasteiger partial charge in [0, 0.05) is 7.05 Å². The number of aliphatic hydroxyl groups excluding tert-OH is 2. The molecule has 1 rings (SSSR count). The summed E-state index contributed by atoms with van der Waals surface area (Å²) in [6.07, 6.45) is 1.70. The molecule has 1 atom stereocenters. The maximum atomic E-state index is 11.1. The van der Waals surface area contributed by atoms with Crippen molar-refractivity contribution in [1.29, 1.82) is 0 Å². The van der Waals surface area contributed by atoms with Gasteiger partial charge in [-0.15, -0.1) is 0 Å². The van der Waals surface area contributed by atoms with Crippen LogP contribution < -0.4 is 5.32 Å². The number of amides is 1. The Hall–Kier alpha value is -0.610. The van der Waals surface area contributed by atoms with Crippen LogP contribution in [0.25, 0.3) is 0 Å². The normalized spacial score (nSPS) is 31.0. The minimum atomic E-state index is -0.905. The lowest BCUT2D eigenvalue weighted by molar-refractivity contribution is -0.132. The number of hydrogen-bond donors (Lipinski definition) is 3. The lowest BCUT2D eigenvalue weighted by Crippen LogP contribution is -2.39. The molecule has 1 unspecified atom stereocenters. The lowest BCUT2D eigenvalue weighted by atomic mass is 9.83. The number of hydrogen-bond acceptors (Lipinski definition) is 3. The third-order valence-electron chi connectivity index (χ3n) is 2.70. The summed E-state index contributed by atoms with van der Waals surface area (Å²) in [6, 6.07) is 0. The Morgan fingerprint density at radius 3 is 2.38 bits per heavy atom. The van der Waals surface area contributed by atoms with Crippen molar-refractivity contribution < 1.29 is 15.0 Å². The van der Waals surface area contributed by atoms with Gasteiger partial charge in [0.2, 0.25) is 5.91 Å². The molecule has 1 aliphatic carbocycles. The van der Waals surface area contributed by atoms with Gasteiger partial charge in [-0.2, -0.15) is 0 Å². The number of carbonyl (C=O) groups is 1. The first-order valence-corrected chi connectivity index (χ1v) is 4.73. The van der Waals surface area contributed by atoms with Crippen molar-refractivity contribution in [3.8, 4) is 0 Å². The van der Waals surface area contributed by atoms with E-state index in [9.17, 15) is 15.0 Å². The summed E-state index contributed by atoms with van der Waals surface area (Å²) in [7, 11) is 1.52. The van der Waals surface area contributed by atoms with Gasteiger partial charge in [0.15, 0.2) is 0 Å². The molecule has 1 amide bonds. The molecule has 0 heterocycles. The van der Waals surface area contributed by atoms with Crippen molar-refractivity contribution in [2.45, 2.75) is 37.9 Å². The maximum Gasteiger partial charge on any atom is 0.248 e. The van der Waals surface area contributed by atoms with Crippen molar-refractivity contribution in [2.75, 3.05) is 7.05 Å². The molecule has 0 radical (unpaired) electrons. The number of carbonyl (C=O) groups excluding carboxylic acids is 1. The second kappa shape index (κ2) is 4.58. The Bertz CT molecular complexity index is 176. The standard InChI is InChI=1S/C9H17NO3/c1-10-9(13)8(12)6-2-4-7(11)5-3-6/h6-8,11-12H,2-5H2,1H3,(H,10,13). The molecule has 1 saturated carbocycles. The van der Waals surface area contributed by atoms with Gasteiger partial charge in [0.25, 0.3) is 0 Å². The SMILES string of the molecule is CNC(=O)C(O)C1CCC(O)CC1. The molecule has 0 spiro atoms. The van der Waals surface area contributed by atoms with Crippen LogP contribution in [0.15, 0.2) is 0 Å². The van der Waals surface area contributed by atoms with Crippen LogP contribution >= 0.6 is 0 Å². The van der Waals surface area contributed by atoms with Crippen LogP contribution in [0, 0.1) is 5.92 Å². The van der Waals surface area contributed by atoms with E-state index in [1.54, 1.807) is 0 Å². The van der Waals surface area contributed by atoms with Gasteiger partial charge < -0.3 is 15.5 Å². The Balaban J connectivity index is 2.39. The number of rotatable bonds is 2. The first-order chi connectivity index (χ1) is 6.15. The lowest BCUT2D eigenvalue weighted by Gasteiger charge is -2.28. The molecule has 1 fully saturated rings. The zero-order valence-corrected chi connectivity index (χ0v) is 7.86. The third kappa shape index (κ3) is 2.67. The molecule has 13 heavy (non-hydrogen) atoms. The molecule has 76 valence electrons. The quantitative estimate of drug-likeness (QED) is 0.553.